The third-order valence-electron chi connectivity index (χ3n) is 2.32. The van der Waals surface area contributed by atoms with Gasteiger partial charge in [-0.25, -0.2) is 0 Å². The Morgan fingerprint density at radius 1 is 1.31 bits per heavy atom. The molecule has 3 heteroatoms. The molecule has 0 saturated carbocycles. The zero-order valence-corrected chi connectivity index (χ0v) is 9.52. The molecule has 13 heavy (non-hydrogen) atoms. The second-order valence-corrected chi connectivity index (χ2v) is 5.42. The Kier molecular flexibility index (Phi) is 5.14. The van der Waals surface area contributed by atoms with Gasteiger partial charge >= 0.3 is 0 Å². The summed E-state index contributed by atoms with van der Waals surface area (Å²) in [6.45, 7) is 7.50. The van der Waals surface area contributed by atoms with E-state index in [4.69, 9.17) is 0 Å². The van der Waals surface area contributed by atoms with Crippen LogP contribution in [0.1, 0.15) is 20.3 Å². The van der Waals surface area contributed by atoms with Crippen molar-refractivity contribution in [3.05, 3.63) is 0 Å². The van der Waals surface area contributed by atoms with Gasteiger partial charge in [0.1, 0.15) is 0 Å². The molecule has 1 saturated heterocycles. The molecule has 1 fully saturated rings. The van der Waals surface area contributed by atoms with Gasteiger partial charge in [0.25, 0.3) is 0 Å². The molecule has 78 valence electrons. The van der Waals surface area contributed by atoms with E-state index in [0.717, 1.165) is 26.1 Å². The standard InChI is InChI=1S/C10H21NOS/c1-9(2)7-10(12)8-11-3-5-13-6-4-11/h9-10,12H,3-8H2,1-2H3/t10-/m1/s1. The van der Waals surface area contributed by atoms with E-state index in [1.807, 2.05) is 11.8 Å². The van der Waals surface area contributed by atoms with Crippen LogP contribution in [-0.4, -0.2) is 47.3 Å². The highest BCUT2D eigenvalue weighted by molar-refractivity contribution is 7.99. The van der Waals surface area contributed by atoms with Crippen LogP contribution in [0.2, 0.25) is 0 Å². The second kappa shape index (κ2) is 5.89. The first-order valence-corrected chi connectivity index (χ1v) is 6.32. The number of rotatable bonds is 4. The number of aliphatic hydroxyl groups excluding tert-OH is 1. The largest absolute Gasteiger partial charge is 0.392 e. The molecule has 0 aliphatic carbocycles. The SMILES string of the molecule is CC(C)C[C@@H](O)CN1CCSCC1. The van der Waals surface area contributed by atoms with Crippen molar-refractivity contribution in [2.24, 2.45) is 5.92 Å². The molecule has 1 aliphatic heterocycles. The second-order valence-electron chi connectivity index (χ2n) is 4.20. The van der Waals surface area contributed by atoms with E-state index in [-0.39, 0.29) is 6.10 Å². The van der Waals surface area contributed by atoms with E-state index >= 15 is 0 Å². The predicted molar refractivity (Wildman–Crippen MR) is 59.2 cm³/mol. The summed E-state index contributed by atoms with van der Waals surface area (Å²) in [4.78, 5) is 2.38. The lowest BCUT2D eigenvalue weighted by atomic mass is 10.1. The third kappa shape index (κ3) is 4.89. The summed E-state index contributed by atoms with van der Waals surface area (Å²) in [6.07, 6.45) is 0.812. The lowest BCUT2D eigenvalue weighted by molar-refractivity contribution is 0.0995. The quantitative estimate of drug-likeness (QED) is 0.748. The van der Waals surface area contributed by atoms with Crippen LogP contribution in [0.5, 0.6) is 0 Å². The topological polar surface area (TPSA) is 23.5 Å². The molecule has 0 aromatic rings. The van der Waals surface area contributed by atoms with Gasteiger partial charge in [-0.05, 0) is 12.3 Å². The predicted octanol–water partition coefficient (Wildman–Crippen LogP) is 1.44. The van der Waals surface area contributed by atoms with E-state index in [2.05, 4.69) is 18.7 Å². The molecule has 1 aliphatic rings. The van der Waals surface area contributed by atoms with Crippen molar-refractivity contribution >= 4 is 11.8 Å². The molecule has 0 aromatic carbocycles. The van der Waals surface area contributed by atoms with Gasteiger partial charge in [0.2, 0.25) is 0 Å². The van der Waals surface area contributed by atoms with E-state index in [1.54, 1.807) is 0 Å². The van der Waals surface area contributed by atoms with Crippen LogP contribution in [0.4, 0.5) is 0 Å². The Morgan fingerprint density at radius 3 is 2.46 bits per heavy atom. The fourth-order valence-electron chi connectivity index (χ4n) is 1.70. The smallest absolute Gasteiger partial charge is 0.0669 e. The van der Waals surface area contributed by atoms with Crippen LogP contribution in [0.3, 0.4) is 0 Å². The number of thioether (sulfide) groups is 1. The molecule has 0 aromatic heterocycles. The summed E-state index contributed by atoms with van der Waals surface area (Å²) in [6, 6.07) is 0. The summed E-state index contributed by atoms with van der Waals surface area (Å²) in [5.74, 6) is 3.07. The summed E-state index contributed by atoms with van der Waals surface area (Å²) >= 11 is 2.02. The monoisotopic (exact) mass is 203 g/mol. The van der Waals surface area contributed by atoms with Gasteiger partial charge < -0.3 is 5.11 Å². The Balaban J connectivity index is 2.14. The maximum absolute atomic E-state index is 9.72. The van der Waals surface area contributed by atoms with Crippen LogP contribution in [0.25, 0.3) is 0 Å². The minimum Gasteiger partial charge on any atom is -0.392 e. The van der Waals surface area contributed by atoms with Crippen molar-refractivity contribution in [1.82, 2.24) is 4.90 Å². The molecule has 1 heterocycles. The van der Waals surface area contributed by atoms with Gasteiger partial charge in [-0.15, -0.1) is 0 Å². The normalized spacial score (nSPS) is 22.2. The molecule has 1 atom stereocenters. The average Bonchev–Trinajstić information content (AvgIpc) is 2.04. The maximum atomic E-state index is 9.72. The van der Waals surface area contributed by atoms with E-state index in [9.17, 15) is 5.11 Å². The van der Waals surface area contributed by atoms with Crippen LogP contribution >= 0.6 is 11.8 Å². The lowest BCUT2D eigenvalue weighted by Gasteiger charge is -2.28. The number of nitrogens with zero attached hydrogens (tertiary/aromatic N) is 1. The van der Waals surface area contributed by atoms with Crippen LogP contribution in [0, 0.1) is 5.92 Å². The number of aliphatic hydroxyl groups is 1. The first-order chi connectivity index (χ1) is 6.18. The lowest BCUT2D eigenvalue weighted by Crippen LogP contribution is -2.38. The number of hydrogen-bond donors (Lipinski definition) is 1. The van der Waals surface area contributed by atoms with E-state index < -0.39 is 0 Å². The van der Waals surface area contributed by atoms with E-state index in [1.165, 1.54) is 11.5 Å². The first kappa shape index (κ1) is 11.3. The summed E-state index contributed by atoms with van der Waals surface area (Å²) < 4.78 is 0. The molecule has 1 rings (SSSR count). The maximum Gasteiger partial charge on any atom is 0.0669 e. The molecule has 0 spiro atoms. The fraction of sp³-hybridized carbons (Fsp3) is 1.00. The van der Waals surface area contributed by atoms with Crippen molar-refractivity contribution in [1.29, 1.82) is 0 Å². The average molecular weight is 203 g/mol. The minimum absolute atomic E-state index is 0.122. The van der Waals surface area contributed by atoms with Crippen molar-refractivity contribution in [2.45, 2.75) is 26.4 Å². The highest BCUT2D eigenvalue weighted by Gasteiger charge is 2.15. The van der Waals surface area contributed by atoms with Gasteiger partial charge in [-0.3, -0.25) is 4.90 Å². The number of hydrogen-bond acceptors (Lipinski definition) is 3. The highest BCUT2D eigenvalue weighted by atomic mass is 32.2. The summed E-state index contributed by atoms with van der Waals surface area (Å²) in [5.41, 5.74) is 0. The van der Waals surface area contributed by atoms with Crippen LogP contribution in [-0.2, 0) is 0 Å². The molecule has 0 amide bonds. The van der Waals surface area contributed by atoms with Crippen molar-refractivity contribution in [3.8, 4) is 0 Å². The number of β-amino-alcohol motifs (C(OH)–C–C–N with tert-alkyl or cyclic N) is 1. The van der Waals surface area contributed by atoms with E-state index in [0.29, 0.717) is 5.92 Å². The third-order valence-corrected chi connectivity index (χ3v) is 3.26. The zero-order valence-electron chi connectivity index (χ0n) is 8.70. The molecular formula is C10H21NOS. The molecule has 2 nitrogen and oxygen atoms in total. The first-order valence-electron chi connectivity index (χ1n) is 5.16. The molecule has 0 unspecified atom stereocenters. The molecular weight excluding hydrogens is 182 g/mol. The Morgan fingerprint density at radius 2 is 1.92 bits per heavy atom. The van der Waals surface area contributed by atoms with Gasteiger partial charge in [0.15, 0.2) is 0 Å². The van der Waals surface area contributed by atoms with Crippen LogP contribution in [0.15, 0.2) is 0 Å². The van der Waals surface area contributed by atoms with Gasteiger partial charge in [-0.1, -0.05) is 13.8 Å². The minimum atomic E-state index is -0.122. The van der Waals surface area contributed by atoms with Crippen molar-refractivity contribution in [3.63, 3.8) is 0 Å². The van der Waals surface area contributed by atoms with Gasteiger partial charge in [0.05, 0.1) is 6.10 Å². The molecule has 0 radical (unpaired) electrons. The Labute approximate surface area is 85.7 Å². The van der Waals surface area contributed by atoms with Crippen molar-refractivity contribution < 1.29 is 5.11 Å². The van der Waals surface area contributed by atoms with Crippen molar-refractivity contribution in [2.75, 3.05) is 31.1 Å². The van der Waals surface area contributed by atoms with Gasteiger partial charge in [0, 0.05) is 31.1 Å². The Bertz CT molecular complexity index is 135. The Hall–Kier alpha value is 0.270. The van der Waals surface area contributed by atoms with Gasteiger partial charge in [-0.2, -0.15) is 11.8 Å². The summed E-state index contributed by atoms with van der Waals surface area (Å²) in [7, 11) is 0. The highest BCUT2D eigenvalue weighted by Crippen LogP contribution is 2.11. The zero-order chi connectivity index (χ0) is 9.68. The molecule has 0 bridgehead atoms. The fourth-order valence-corrected chi connectivity index (χ4v) is 2.68. The summed E-state index contributed by atoms with van der Waals surface area (Å²) in [5, 5.41) is 9.72. The van der Waals surface area contributed by atoms with Crippen LogP contribution < -0.4 is 0 Å². The molecule has 1 N–H and O–H groups in total.